The number of nitrogens with two attached hydrogens (primary N) is 1. The Bertz CT molecular complexity index is 1090. The van der Waals surface area contributed by atoms with Gasteiger partial charge in [-0.05, 0) is 31.2 Å². The molecule has 0 radical (unpaired) electrons. The summed E-state index contributed by atoms with van der Waals surface area (Å²) < 4.78 is 1.79. The minimum atomic E-state index is -1.16. The minimum Gasteiger partial charge on any atom is -0.508 e. The summed E-state index contributed by atoms with van der Waals surface area (Å²) in [6, 6.07) is 5.18. The average Bonchev–Trinajstić information content (AvgIpc) is 3.13. The zero-order valence-corrected chi connectivity index (χ0v) is 19.7. The highest BCUT2D eigenvalue weighted by atomic mass is 32.2. The van der Waals surface area contributed by atoms with Crippen LogP contribution in [0.1, 0.15) is 5.82 Å². The highest BCUT2D eigenvalue weighted by molar-refractivity contribution is 8.00. The van der Waals surface area contributed by atoms with E-state index in [9.17, 15) is 24.6 Å². The standard InChI is InChI=1S/C20H24N6O5S2/c1-11-22-23-19(24(11)2)33-10-20(18(30)31)8-25-16(29)15(17(25)32-9-20)26(14(28)7-21)12-3-5-13(27)6-4-12/h3-6,15,17,27H,7-10,21H2,1-2H3,(H,30,31)/t15?,17-,20?/m1/s1. The molecule has 2 amide bonds. The monoisotopic (exact) mass is 492 g/mol. The lowest BCUT2D eigenvalue weighted by Crippen LogP contribution is -2.75. The first-order valence-corrected chi connectivity index (χ1v) is 12.2. The SMILES string of the molecule is Cc1nnc(SCC2(C(=O)O)CS[C@@H]3C(N(C(=O)CN)c4ccc(O)cc4)C(=O)N3C2)n1C. The average molecular weight is 493 g/mol. The molecule has 3 heterocycles. The molecule has 0 saturated carbocycles. The Morgan fingerprint density at radius 3 is 2.61 bits per heavy atom. The lowest BCUT2D eigenvalue weighted by molar-refractivity contribution is -0.156. The predicted molar refractivity (Wildman–Crippen MR) is 123 cm³/mol. The number of carboxylic acids is 1. The molecule has 0 spiro atoms. The Balaban J connectivity index is 1.53. The number of β-lactam (4-membered cyclic amide) rings is 1. The molecular weight excluding hydrogens is 468 g/mol. The number of phenolic OH excluding ortho intramolecular Hbond substituents is 1. The smallest absolute Gasteiger partial charge is 0.313 e. The topological polar surface area (TPSA) is 155 Å². The predicted octanol–water partition coefficient (Wildman–Crippen LogP) is 0.268. The van der Waals surface area contributed by atoms with Crippen LogP contribution in [0.25, 0.3) is 0 Å². The number of benzene rings is 1. The molecule has 4 N–H and O–H groups in total. The Hall–Kier alpha value is -2.77. The number of nitrogens with zero attached hydrogens (tertiary/aromatic N) is 5. The highest BCUT2D eigenvalue weighted by Gasteiger charge is 2.59. The molecular formula is C20H24N6O5S2. The van der Waals surface area contributed by atoms with Crippen LogP contribution < -0.4 is 10.6 Å². The number of hydrogen-bond donors (Lipinski definition) is 3. The summed E-state index contributed by atoms with van der Waals surface area (Å²) in [5.41, 5.74) is 4.89. The molecule has 4 rings (SSSR count). The maximum atomic E-state index is 13.1. The van der Waals surface area contributed by atoms with E-state index >= 15 is 0 Å². The van der Waals surface area contributed by atoms with Gasteiger partial charge in [0.2, 0.25) is 11.8 Å². The van der Waals surface area contributed by atoms with Crippen LogP contribution in [0.4, 0.5) is 5.69 Å². The van der Waals surface area contributed by atoms with Crippen molar-refractivity contribution < 1.29 is 24.6 Å². The van der Waals surface area contributed by atoms with E-state index in [4.69, 9.17) is 5.73 Å². The van der Waals surface area contributed by atoms with E-state index in [-0.39, 0.29) is 41.6 Å². The fourth-order valence-corrected chi connectivity index (χ4v) is 6.74. The Morgan fingerprint density at radius 1 is 1.33 bits per heavy atom. The summed E-state index contributed by atoms with van der Waals surface area (Å²) in [6.07, 6.45) is 0. The van der Waals surface area contributed by atoms with Crippen molar-refractivity contribution in [2.45, 2.75) is 23.5 Å². The third-order valence-corrected chi connectivity index (χ3v) is 8.83. The molecule has 0 aliphatic carbocycles. The number of hydrogen-bond acceptors (Lipinski definition) is 9. The number of rotatable bonds is 7. The van der Waals surface area contributed by atoms with E-state index < -0.39 is 23.3 Å². The molecule has 176 valence electrons. The number of carbonyl (C=O) groups excluding carboxylic acids is 2. The number of anilines is 1. The number of aromatic nitrogens is 3. The van der Waals surface area contributed by atoms with Gasteiger partial charge in [0, 0.05) is 30.8 Å². The second-order valence-electron chi connectivity index (χ2n) is 8.06. The Labute approximate surface area is 198 Å². The number of thioether (sulfide) groups is 2. The van der Waals surface area contributed by atoms with Crippen LogP contribution in [0.5, 0.6) is 5.75 Å². The molecule has 1 aromatic heterocycles. The third kappa shape index (κ3) is 4.04. The van der Waals surface area contributed by atoms with E-state index in [1.54, 1.807) is 16.7 Å². The number of carboxylic acid groups (broad SMARTS) is 1. The van der Waals surface area contributed by atoms with Gasteiger partial charge in [0.1, 0.15) is 28.4 Å². The van der Waals surface area contributed by atoms with E-state index in [0.29, 0.717) is 10.8 Å². The fourth-order valence-electron chi connectivity index (χ4n) is 3.88. The van der Waals surface area contributed by atoms with Crippen molar-refractivity contribution in [3.63, 3.8) is 0 Å². The molecule has 0 bridgehead atoms. The molecule has 13 heteroatoms. The van der Waals surface area contributed by atoms with Crippen LogP contribution in [0.15, 0.2) is 29.4 Å². The molecule has 33 heavy (non-hydrogen) atoms. The van der Waals surface area contributed by atoms with Gasteiger partial charge in [0.25, 0.3) is 0 Å². The van der Waals surface area contributed by atoms with Crippen molar-refractivity contribution in [3.05, 3.63) is 30.1 Å². The molecule has 2 saturated heterocycles. The van der Waals surface area contributed by atoms with Crippen molar-refractivity contribution >= 4 is 47.0 Å². The number of fused-ring (bicyclic) bond motifs is 1. The van der Waals surface area contributed by atoms with Crippen molar-refractivity contribution in [2.24, 2.45) is 18.2 Å². The van der Waals surface area contributed by atoms with Crippen LogP contribution in [-0.2, 0) is 21.4 Å². The van der Waals surface area contributed by atoms with Crippen LogP contribution in [0.3, 0.4) is 0 Å². The van der Waals surface area contributed by atoms with Crippen molar-refractivity contribution in [3.8, 4) is 5.75 Å². The first-order valence-electron chi connectivity index (χ1n) is 10.1. The van der Waals surface area contributed by atoms with E-state index in [1.165, 1.54) is 45.5 Å². The summed E-state index contributed by atoms with van der Waals surface area (Å²) >= 11 is 2.64. The van der Waals surface area contributed by atoms with Gasteiger partial charge in [-0.3, -0.25) is 19.3 Å². The van der Waals surface area contributed by atoms with Crippen molar-refractivity contribution in [2.75, 3.05) is 29.5 Å². The molecule has 2 aliphatic rings. The van der Waals surface area contributed by atoms with Gasteiger partial charge in [-0.2, -0.15) is 0 Å². The van der Waals surface area contributed by atoms with Gasteiger partial charge in [0.05, 0.1) is 6.54 Å². The highest BCUT2D eigenvalue weighted by Crippen LogP contribution is 2.46. The van der Waals surface area contributed by atoms with Gasteiger partial charge < -0.3 is 25.4 Å². The molecule has 3 atom stereocenters. The minimum absolute atomic E-state index is 0.0364. The summed E-state index contributed by atoms with van der Waals surface area (Å²) in [6.45, 7) is 1.57. The van der Waals surface area contributed by atoms with Gasteiger partial charge in [-0.1, -0.05) is 11.8 Å². The largest absolute Gasteiger partial charge is 0.508 e. The number of aryl methyl sites for hydroxylation is 1. The van der Waals surface area contributed by atoms with Gasteiger partial charge in [0.15, 0.2) is 5.16 Å². The molecule has 2 aromatic rings. The normalized spacial score (nSPS) is 24.2. The van der Waals surface area contributed by atoms with Crippen molar-refractivity contribution in [1.82, 2.24) is 19.7 Å². The third-order valence-electron chi connectivity index (χ3n) is 5.95. The fraction of sp³-hybridized carbons (Fsp3) is 0.450. The quantitative estimate of drug-likeness (QED) is 0.362. The molecule has 2 aliphatic heterocycles. The van der Waals surface area contributed by atoms with Gasteiger partial charge >= 0.3 is 5.97 Å². The van der Waals surface area contributed by atoms with Crippen LogP contribution in [-0.4, -0.2) is 83.7 Å². The number of aliphatic carboxylic acids is 1. The van der Waals surface area contributed by atoms with Crippen molar-refractivity contribution in [1.29, 1.82) is 0 Å². The number of aromatic hydroxyl groups is 1. The Kier molecular flexibility index (Phi) is 6.29. The number of carbonyl (C=O) groups is 3. The molecule has 2 unspecified atom stereocenters. The first kappa shape index (κ1) is 23.4. The van der Waals surface area contributed by atoms with Crippen LogP contribution in [0, 0.1) is 12.3 Å². The summed E-state index contributed by atoms with van der Waals surface area (Å²) in [4.78, 5) is 40.9. The number of phenols is 1. The van der Waals surface area contributed by atoms with Crippen LogP contribution in [0.2, 0.25) is 0 Å². The maximum absolute atomic E-state index is 13.1. The second-order valence-corrected chi connectivity index (χ2v) is 10.1. The Morgan fingerprint density at radius 2 is 2.03 bits per heavy atom. The maximum Gasteiger partial charge on any atom is 0.313 e. The molecule has 11 nitrogen and oxygen atoms in total. The zero-order valence-electron chi connectivity index (χ0n) is 18.0. The van der Waals surface area contributed by atoms with Gasteiger partial charge in [-0.25, -0.2) is 0 Å². The summed E-state index contributed by atoms with van der Waals surface area (Å²) in [5, 5.41) is 27.9. The second kappa shape index (κ2) is 8.88. The lowest BCUT2D eigenvalue weighted by Gasteiger charge is -2.56. The summed E-state index contributed by atoms with van der Waals surface area (Å²) in [5.74, 6) is -0.475. The molecule has 1 aromatic carbocycles. The first-order chi connectivity index (χ1) is 15.7. The van der Waals surface area contributed by atoms with Gasteiger partial charge in [-0.15, -0.1) is 22.0 Å². The van der Waals surface area contributed by atoms with Crippen LogP contribution >= 0.6 is 23.5 Å². The summed E-state index contributed by atoms with van der Waals surface area (Å²) in [7, 11) is 1.81. The van der Waals surface area contributed by atoms with E-state index in [2.05, 4.69) is 10.2 Å². The van der Waals surface area contributed by atoms with E-state index in [1.807, 2.05) is 14.0 Å². The lowest BCUT2D eigenvalue weighted by atomic mass is 9.89. The zero-order chi connectivity index (χ0) is 23.9. The van der Waals surface area contributed by atoms with E-state index in [0.717, 1.165) is 5.82 Å². The number of amides is 2. The molecule has 2 fully saturated rings.